The Morgan fingerprint density at radius 3 is 1.22 bits per heavy atom. The first-order valence-corrected chi connectivity index (χ1v) is 28.4. The molecule has 2 unspecified atom stereocenters. The molecule has 0 rings (SSSR count). The molecule has 1 amide bonds. The van der Waals surface area contributed by atoms with Gasteiger partial charge >= 0.3 is 5.97 Å². The number of rotatable bonds is 52. The molecule has 6 heteroatoms. The van der Waals surface area contributed by atoms with E-state index in [1.165, 1.54) is 180 Å². The van der Waals surface area contributed by atoms with Gasteiger partial charge in [0, 0.05) is 12.8 Å². The van der Waals surface area contributed by atoms with Crippen LogP contribution >= 0.6 is 0 Å². The van der Waals surface area contributed by atoms with Crippen molar-refractivity contribution >= 4 is 11.9 Å². The standard InChI is InChI=1S/C59H109NO5/c1-3-5-7-9-11-13-15-17-19-20-21-24-27-31-35-39-43-47-51-57(62)56(55-61)60-58(63)52-48-44-40-36-32-28-25-22-26-30-34-38-42-46-50-54-65-59(64)53-49-45-41-37-33-29-23-18-16-14-12-10-8-6-4-2/h12,14,18,23,26,30,47,51,56-57,61-62H,3-11,13,15-17,19-22,24-25,27-29,31-46,48-50,52-55H2,1-2H3,(H,60,63)/b14-12-,23-18-,30-26-,51-47+. The summed E-state index contributed by atoms with van der Waals surface area (Å²) in [5.74, 6) is -0.109. The Hall–Kier alpha value is -2.18. The van der Waals surface area contributed by atoms with Crippen LogP contribution in [0.15, 0.2) is 48.6 Å². The van der Waals surface area contributed by atoms with Crippen molar-refractivity contribution in [2.24, 2.45) is 0 Å². The summed E-state index contributed by atoms with van der Waals surface area (Å²) in [5, 5.41) is 23.1. The van der Waals surface area contributed by atoms with Gasteiger partial charge in [0.25, 0.3) is 0 Å². The number of carbonyl (C=O) groups is 2. The van der Waals surface area contributed by atoms with E-state index in [-0.39, 0.29) is 18.5 Å². The lowest BCUT2D eigenvalue weighted by Crippen LogP contribution is -2.45. The number of hydrogen-bond acceptors (Lipinski definition) is 5. The van der Waals surface area contributed by atoms with E-state index in [9.17, 15) is 19.8 Å². The molecule has 0 saturated heterocycles. The van der Waals surface area contributed by atoms with Crippen molar-refractivity contribution in [1.82, 2.24) is 5.32 Å². The minimum atomic E-state index is -0.856. The van der Waals surface area contributed by atoms with Crippen LogP contribution in [0.1, 0.15) is 290 Å². The highest BCUT2D eigenvalue weighted by Gasteiger charge is 2.18. The van der Waals surface area contributed by atoms with Crippen LogP contribution in [-0.4, -0.2) is 47.4 Å². The maximum absolute atomic E-state index is 12.5. The van der Waals surface area contributed by atoms with E-state index in [1.807, 2.05) is 6.08 Å². The van der Waals surface area contributed by atoms with Gasteiger partial charge in [-0.15, -0.1) is 0 Å². The molecule has 0 heterocycles. The van der Waals surface area contributed by atoms with Crippen LogP contribution in [0.4, 0.5) is 0 Å². The SMILES string of the molecule is CCCCC/C=C\C/C=C\CCCCCCCC(=O)OCCCCCC/C=C\CCCCCCCCCC(=O)NC(CO)C(O)/C=C/CCCCCCCCCCCCCCCCCC. The molecule has 0 aliphatic rings. The average Bonchev–Trinajstić information content (AvgIpc) is 3.31. The van der Waals surface area contributed by atoms with Crippen LogP contribution in [0.5, 0.6) is 0 Å². The molecular weight excluding hydrogens is 803 g/mol. The molecule has 65 heavy (non-hydrogen) atoms. The van der Waals surface area contributed by atoms with Crippen LogP contribution < -0.4 is 5.32 Å². The highest BCUT2D eigenvalue weighted by atomic mass is 16.5. The summed E-state index contributed by atoms with van der Waals surface area (Å²) in [6.07, 6.45) is 68.3. The molecule has 2 atom stereocenters. The van der Waals surface area contributed by atoms with Gasteiger partial charge in [-0.05, 0) is 89.9 Å². The molecule has 0 radical (unpaired) electrons. The van der Waals surface area contributed by atoms with Crippen molar-refractivity contribution < 1.29 is 24.5 Å². The highest BCUT2D eigenvalue weighted by Crippen LogP contribution is 2.16. The summed E-state index contributed by atoms with van der Waals surface area (Å²) < 4.78 is 5.45. The Labute approximate surface area is 404 Å². The maximum Gasteiger partial charge on any atom is 0.305 e. The van der Waals surface area contributed by atoms with E-state index < -0.39 is 12.1 Å². The summed E-state index contributed by atoms with van der Waals surface area (Å²) in [5.41, 5.74) is 0. The molecule has 0 aromatic rings. The molecule has 0 bridgehead atoms. The van der Waals surface area contributed by atoms with Gasteiger partial charge in [0.05, 0.1) is 25.4 Å². The number of aliphatic hydroxyl groups is 2. The Morgan fingerprint density at radius 1 is 0.431 bits per heavy atom. The molecule has 0 aromatic heterocycles. The lowest BCUT2D eigenvalue weighted by molar-refractivity contribution is -0.143. The number of allylic oxidation sites excluding steroid dienone is 7. The third-order valence-corrected chi connectivity index (χ3v) is 12.8. The first kappa shape index (κ1) is 62.8. The van der Waals surface area contributed by atoms with Gasteiger partial charge in [-0.2, -0.15) is 0 Å². The molecule has 0 aliphatic heterocycles. The third kappa shape index (κ3) is 51.1. The fourth-order valence-corrected chi connectivity index (χ4v) is 8.42. The molecule has 0 aromatic carbocycles. The second kappa shape index (κ2) is 54.4. The highest BCUT2D eigenvalue weighted by molar-refractivity contribution is 5.76. The van der Waals surface area contributed by atoms with Crippen molar-refractivity contribution in [2.45, 2.75) is 302 Å². The molecule has 380 valence electrons. The molecule has 0 saturated carbocycles. The van der Waals surface area contributed by atoms with Gasteiger partial charge in [0.15, 0.2) is 0 Å². The van der Waals surface area contributed by atoms with Gasteiger partial charge in [-0.3, -0.25) is 9.59 Å². The minimum absolute atomic E-state index is 0.0256. The maximum atomic E-state index is 12.5. The second-order valence-electron chi connectivity index (χ2n) is 19.3. The lowest BCUT2D eigenvalue weighted by atomic mass is 10.0. The normalized spacial score (nSPS) is 13.0. The van der Waals surface area contributed by atoms with E-state index >= 15 is 0 Å². The van der Waals surface area contributed by atoms with Crippen molar-refractivity contribution in [3.63, 3.8) is 0 Å². The number of unbranched alkanes of at least 4 members (excludes halogenated alkanes) is 35. The Balaban J connectivity index is 3.53. The number of nitrogens with one attached hydrogen (secondary N) is 1. The van der Waals surface area contributed by atoms with Crippen LogP contribution in [0.25, 0.3) is 0 Å². The van der Waals surface area contributed by atoms with Gasteiger partial charge in [0.2, 0.25) is 5.91 Å². The third-order valence-electron chi connectivity index (χ3n) is 12.8. The monoisotopic (exact) mass is 912 g/mol. The Bertz CT molecular complexity index is 1100. The molecule has 3 N–H and O–H groups in total. The zero-order chi connectivity index (χ0) is 47.2. The molecular formula is C59H109NO5. The topological polar surface area (TPSA) is 95.9 Å². The zero-order valence-electron chi connectivity index (χ0n) is 43.2. The first-order valence-electron chi connectivity index (χ1n) is 28.4. The Kier molecular flexibility index (Phi) is 52.6. The zero-order valence-corrected chi connectivity index (χ0v) is 43.2. The van der Waals surface area contributed by atoms with Gasteiger partial charge in [-0.1, -0.05) is 236 Å². The van der Waals surface area contributed by atoms with Crippen LogP contribution in [0.3, 0.4) is 0 Å². The number of hydrogen-bond donors (Lipinski definition) is 3. The molecule has 0 spiro atoms. The second-order valence-corrected chi connectivity index (χ2v) is 19.3. The van der Waals surface area contributed by atoms with Crippen molar-refractivity contribution in [1.29, 1.82) is 0 Å². The van der Waals surface area contributed by atoms with E-state index in [0.29, 0.717) is 19.4 Å². The van der Waals surface area contributed by atoms with Crippen LogP contribution in [0, 0.1) is 0 Å². The smallest absolute Gasteiger partial charge is 0.305 e. The van der Waals surface area contributed by atoms with Crippen LogP contribution in [-0.2, 0) is 14.3 Å². The van der Waals surface area contributed by atoms with Gasteiger partial charge < -0.3 is 20.3 Å². The first-order chi connectivity index (χ1) is 32.0. The summed E-state index contributed by atoms with van der Waals surface area (Å²) in [6, 6.07) is -0.641. The predicted molar refractivity (Wildman–Crippen MR) is 282 cm³/mol. The number of esters is 1. The summed E-state index contributed by atoms with van der Waals surface area (Å²) in [7, 11) is 0. The van der Waals surface area contributed by atoms with E-state index in [2.05, 4.69) is 55.6 Å². The van der Waals surface area contributed by atoms with E-state index in [4.69, 9.17) is 4.74 Å². The largest absolute Gasteiger partial charge is 0.466 e. The number of ether oxygens (including phenoxy) is 1. The summed E-state index contributed by atoms with van der Waals surface area (Å²) in [4.78, 5) is 24.5. The predicted octanol–water partition coefficient (Wildman–Crippen LogP) is 17.4. The Morgan fingerprint density at radius 2 is 0.769 bits per heavy atom. The molecule has 0 aliphatic carbocycles. The number of carbonyl (C=O) groups excluding carboxylic acids is 2. The number of aliphatic hydroxyl groups excluding tert-OH is 2. The van der Waals surface area contributed by atoms with Gasteiger partial charge in [-0.25, -0.2) is 0 Å². The van der Waals surface area contributed by atoms with Crippen molar-refractivity contribution in [3.8, 4) is 0 Å². The summed E-state index contributed by atoms with van der Waals surface area (Å²) >= 11 is 0. The fourth-order valence-electron chi connectivity index (χ4n) is 8.42. The van der Waals surface area contributed by atoms with E-state index in [0.717, 1.165) is 83.5 Å². The molecule has 0 fully saturated rings. The summed E-state index contributed by atoms with van der Waals surface area (Å²) in [6.45, 7) is 4.84. The van der Waals surface area contributed by atoms with Crippen LogP contribution in [0.2, 0.25) is 0 Å². The lowest BCUT2D eigenvalue weighted by Gasteiger charge is -2.20. The van der Waals surface area contributed by atoms with Gasteiger partial charge in [0.1, 0.15) is 0 Å². The quantitative estimate of drug-likeness (QED) is 0.0321. The molecule has 6 nitrogen and oxygen atoms in total. The number of amides is 1. The minimum Gasteiger partial charge on any atom is -0.466 e. The fraction of sp³-hybridized carbons (Fsp3) is 0.831. The average molecular weight is 913 g/mol. The van der Waals surface area contributed by atoms with E-state index in [1.54, 1.807) is 6.08 Å². The van der Waals surface area contributed by atoms with Crippen molar-refractivity contribution in [3.05, 3.63) is 48.6 Å². The van der Waals surface area contributed by atoms with Crippen molar-refractivity contribution in [2.75, 3.05) is 13.2 Å².